The molecule has 0 bridgehead atoms. The lowest BCUT2D eigenvalue weighted by Crippen LogP contribution is -2.41. The first-order chi connectivity index (χ1) is 30.4. The maximum absolute atomic E-state index is 2.95. The minimum Gasteiger partial charge on any atom is -0.294 e. The van der Waals surface area contributed by atoms with E-state index in [1.807, 2.05) is 0 Å². The largest absolute Gasteiger partial charge is 0.294 e. The van der Waals surface area contributed by atoms with Crippen LogP contribution in [0.15, 0.2) is 24.3 Å². The van der Waals surface area contributed by atoms with Gasteiger partial charge in [-0.15, -0.1) is 0 Å². The molecule has 0 fully saturated rings. The van der Waals surface area contributed by atoms with Gasteiger partial charge in [-0.3, -0.25) is 9.80 Å². The molecule has 0 radical (unpaired) electrons. The highest BCUT2D eigenvalue weighted by Crippen LogP contribution is 2.27. The van der Waals surface area contributed by atoms with Crippen molar-refractivity contribution in [2.45, 2.75) is 349 Å². The lowest BCUT2D eigenvalue weighted by Gasteiger charge is -2.38. The van der Waals surface area contributed by atoms with E-state index in [0.717, 1.165) is 13.1 Å². The van der Waals surface area contributed by atoms with E-state index in [0.29, 0.717) is 24.2 Å². The van der Waals surface area contributed by atoms with E-state index in [-0.39, 0.29) is 0 Å². The van der Waals surface area contributed by atoms with Gasteiger partial charge < -0.3 is 0 Å². The van der Waals surface area contributed by atoms with Crippen molar-refractivity contribution in [2.75, 3.05) is 0 Å². The summed E-state index contributed by atoms with van der Waals surface area (Å²) < 4.78 is 0. The lowest BCUT2D eigenvalue weighted by atomic mass is 9.97. The van der Waals surface area contributed by atoms with Gasteiger partial charge in [0.2, 0.25) is 0 Å². The van der Waals surface area contributed by atoms with Crippen LogP contribution in [0, 0.1) is 0 Å². The Balaban J connectivity index is 3.01. The lowest BCUT2D eigenvalue weighted by molar-refractivity contribution is 0.117. The summed E-state index contributed by atoms with van der Waals surface area (Å²) in [6.45, 7) is 21.8. The molecule has 0 N–H and O–H groups in total. The van der Waals surface area contributed by atoms with Gasteiger partial charge in [-0.05, 0) is 64.5 Å². The van der Waals surface area contributed by atoms with Crippen molar-refractivity contribution in [3.8, 4) is 0 Å². The molecular formula is C60H116N2. The van der Waals surface area contributed by atoms with Crippen LogP contribution >= 0.6 is 0 Å². The monoisotopic (exact) mass is 865 g/mol. The van der Waals surface area contributed by atoms with Crippen molar-refractivity contribution in [1.82, 2.24) is 9.80 Å². The van der Waals surface area contributed by atoms with E-state index in [4.69, 9.17) is 0 Å². The molecule has 2 heteroatoms. The maximum Gasteiger partial charge on any atom is 0.0242 e. The van der Waals surface area contributed by atoms with Gasteiger partial charge in [0, 0.05) is 37.3 Å². The molecule has 0 saturated carbocycles. The highest BCUT2D eigenvalue weighted by molar-refractivity contribution is 5.27. The van der Waals surface area contributed by atoms with Gasteiger partial charge in [0.1, 0.15) is 0 Å². The number of nitrogens with zero attached hydrogens (tertiary/aromatic N) is 2. The first-order valence-electron chi connectivity index (χ1n) is 29.0. The summed E-state index contributed by atoms with van der Waals surface area (Å²) in [6, 6.07) is 12.2. The molecule has 1 aromatic carbocycles. The Hall–Kier alpha value is -0.860. The SMILES string of the molecule is CCCCCCCCCCCC(C)N(Cc1ccccc1CN(C(C)CCCCCCCCCCC)C(C)CCCCCCCCCCC)C(C)CCCCCCCCCCC. The van der Waals surface area contributed by atoms with E-state index in [2.05, 4.69) is 89.5 Å². The molecule has 0 aromatic heterocycles. The fraction of sp³-hybridized carbons (Fsp3) is 0.900. The molecule has 0 aliphatic carbocycles. The standard InChI is InChI=1S/C60H116N2/c1-9-13-17-21-25-29-33-37-41-47-55(5)61(56(6)48-42-38-34-30-26-22-18-14-10-2)53-59-51-45-46-52-60(59)54-62(57(7)49-43-39-35-31-27-23-19-15-11-3)58(8)50-44-40-36-32-28-24-20-16-12-4/h45-46,51-52,55-58H,9-44,47-50,53-54H2,1-8H3. The van der Waals surface area contributed by atoms with Crippen molar-refractivity contribution in [1.29, 1.82) is 0 Å². The Morgan fingerprint density at radius 1 is 0.274 bits per heavy atom. The van der Waals surface area contributed by atoms with Gasteiger partial charge in [0.15, 0.2) is 0 Å². The summed E-state index contributed by atoms with van der Waals surface area (Å²) in [5, 5.41) is 0. The quantitative estimate of drug-likeness (QED) is 0.0602. The van der Waals surface area contributed by atoms with Crippen LogP contribution in [-0.4, -0.2) is 34.0 Å². The van der Waals surface area contributed by atoms with Crippen LogP contribution in [-0.2, 0) is 13.1 Å². The van der Waals surface area contributed by atoms with Crippen molar-refractivity contribution in [3.05, 3.63) is 35.4 Å². The number of unbranched alkanes of at least 4 members (excludes halogenated alkanes) is 32. The number of benzene rings is 1. The van der Waals surface area contributed by atoms with Crippen molar-refractivity contribution in [3.63, 3.8) is 0 Å². The molecule has 366 valence electrons. The highest BCUT2D eigenvalue weighted by atomic mass is 15.2. The molecule has 2 nitrogen and oxygen atoms in total. The summed E-state index contributed by atoms with van der Waals surface area (Å²) in [5.74, 6) is 0. The van der Waals surface area contributed by atoms with Gasteiger partial charge in [0.05, 0.1) is 0 Å². The van der Waals surface area contributed by atoms with Gasteiger partial charge in [0.25, 0.3) is 0 Å². The zero-order valence-corrected chi connectivity index (χ0v) is 44.2. The molecule has 0 aliphatic rings. The molecule has 4 unspecified atom stereocenters. The average Bonchev–Trinajstić information content (AvgIpc) is 3.27. The summed E-state index contributed by atoms with van der Waals surface area (Å²) in [6.07, 6.45) is 56.5. The summed E-state index contributed by atoms with van der Waals surface area (Å²) in [7, 11) is 0. The van der Waals surface area contributed by atoms with E-state index in [9.17, 15) is 0 Å². The molecule has 0 heterocycles. The molecule has 1 aromatic rings. The molecular weight excluding hydrogens is 749 g/mol. The van der Waals surface area contributed by atoms with E-state index in [1.54, 1.807) is 11.1 Å². The van der Waals surface area contributed by atoms with Crippen LogP contribution < -0.4 is 0 Å². The van der Waals surface area contributed by atoms with Crippen LogP contribution in [0.5, 0.6) is 0 Å². The molecule has 0 saturated heterocycles. The zero-order chi connectivity index (χ0) is 45.1. The molecule has 0 aliphatic heterocycles. The van der Waals surface area contributed by atoms with Crippen LogP contribution in [0.3, 0.4) is 0 Å². The molecule has 1 rings (SSSR count). The van der Waals surface area contributed by atoms with Crippen molar-refractivity contribution >= 4 is 0 Å². The van der Waals surface area contributed by atoms with Crippen LogP contribution in [0.25, 0.3) is 0 Å². The maximum atomic E-state index is 2.95. The number of hydrogen-bond acceptors (Lipinski definition) is 2. The Morgan fingerprint density at radius 3 is 0.645 bits per heavy atom. The number of hydrogen-bond donors (Lipinski definition) is 0. The van der Waals surface area contributed by atoms with Crippen molar-refractivity contribution in [2.24, 2.45) is 0 Å². The Labute approximate surface area is 393 Å². The second kappa shape index (κ2) is 44.0. The molecule has 0 amide bonds. The summed E-state index contributed by atoms with van der Waals surface area (Å²) >= 11 is 0. The fourth-order valence-corrected chi connectivity index (χ4v) is 10.4. The summed E-state index contributed by atoms with van der Waals surface area (Å²) in [5.41, 5.74) is 3.20. The minimum atomic E-state index is 0.633. The second-order valence-corrected chi connectivity index (χ2v) is 21.0. The summed E-state index contributed by atoms with van der Waals surface area (Å²) in [4.78, 5) is 5.91. The van der Waals surface area contributed by atoms with E-state index < -0.39 is 0 Å². The molecule has 4 atom stereocenters. The van der Waals surface area contributed by atoms with Gasteiger partial charge in [-0.2, -0.15) is 0 Å². The molecule has 0 spiro atoms. The predicted octanol–water partition coefficient (Wildman–Crippen LogP) is 20.5. The van der Waals surface area contributed by atoms with Crippen LogP contribution in [0.2, 0.25) is 0 Å². The van der Waals surface area contributed by atoms with E-state index in [1.165, 1.54) is 257 Å². The predicted molar refractivity (Wildman–Crippen MR) is 283 cm³/mol. The topological polar surface area (TPSA) is 6.48 Å². The first-order valence-corrected chi connectivity index (χ1v) is 29.0. The third-order valence-corrected chi connectivity index (χ3v) is 15.0. The average molecular weight is 866 g/mol. The van der Waals surface area contributed by atoms with Crippen LogP contribution in [0.1, 0.15) is 323 Å². The Bertz CT molecular complexity index is 898. The highest BCUT2D eigenvalue weighted by Gasteiger charge is 2.24. The van der Waals surface area contributed by atoms with Crippen molar-refractivity contribution < 1.29 is 0 Å². The Kier molecular flexibility index (Phi) is 42.0. The smallest absolute Gasteiger partial charge is 0.0242 e. The minimum absolute atomic E-state index is 0.633. The second-order valence-electron chi connectivity index (χ2n) is 21.0. The Morgan fingerprint density at radius 2 is 0.452 bits per heavy atom. The third-order valence-electron chi connectivity index (χ3n) is 15.0. The van der Waals surface area contributed by atoms with Gasteiger partial charge in [-0.25, -0.2) is 0 Å². The zero-order valence-electron chi connectivity index (χ0n) is 44.2. The molecule has 62 heavy (non-hydrogen) atoms. The number of rotatable bonds is 48. The normalized spacial score (nSPS) is 14.0. The van der Waals surface area contributed by atoms with Crippen LogP contribution in [0.4, 0.5) is 0 Å². The first kappa shape index (κ1) is 59.2. The van der Waals surface area contributed by atoms with E-state index >= 15 is 0 Å². The fourth-order valence-electron chi connectivity index (χ4n) is 10.4. The van der Waals surface area contributed by atoms with Gasteiger partial charge >= 0.3 is 0 Å². The third kappa shape index (κ3) is 32.7. The van der Waals surface area contributed by atoms with Gasteiger partial charge in [-0.1, -0.05) is 283 Å².